The van der Waals surface area contributed by atoms with Crippen molar-refractivity contribution in [3.63, 3.8) is 0 Å². The van der Waals surface area contributed by atoms with Crippen molar-refractivity contribution in [3.05, 3.63) is 36.2 Å². The van der Waals surface area contributed by atoms with E-state index in [1.165, 1.54) is 12.4 Å². The lowest BCUT2D eigenvalue weighted by Gasteiger charge is -2.28. The van der Waals surface area contributed by atoms with Gasteiger partial charge in [0.05, 0.1) is 5.57 Å². The Kier molecular flexibility index (Phi) is 2.54. The number of rotatable bonds is 2. The molecule has 1 unspecified atom stereocenters. The van der Waals surface area contributed by atoms with E-state index in [9.17, 15) is 0 Å². The van der Waals surface area contributed by atoms with Gasteiger partial charge in [0.1, 0.15) is 11.9 Å². The first-order valence-corrected chi connectivity index (χ1v) is 4.63. The third kappa shape index (κ3) is 2.16. The maximum absolute atomic E-state index is 8.63. The minimum atomic E-state index is -1.16. The van der Waals surface area contributed by atoms with E-state index in [1.807, 2.05) is 12.1 Å². The summed E-state index contributed by atoms with van der Waals surface area (Å²) in [5.41, 5.74) is 6.31. The smallest absolute Gasteiger partial charge is 0.264 e. The first-order valence-electron chi connectivity index (χ1n) is 4.63. The van der Waals surface area contributed by atoms with Crippen LogP contribution in [0.1, 0.15) is 0 Å². The molecule has 0 amide bonds. The molecule has 0 saturated heterocycles. The summed E-state index contributed by atoms with van der Waals surface area (Å²) in [4.78, 5) is 8.08. The summed E-state index contributed by atoms with van der Waals surface area (Å²) in [6.45, 7) is 0. The molecule has 0 aromatic carbocycles. The van der Waals surface area contributed by atoms with Crippen molar-refractivity contribution in [2.75, 3.05) is 5.32 Å². The summed E-state index contributed by atoms with van der Waals surface area (Å²) in [7, 11) is 0. The van der Waals surface area contributed by atoms with Crippen LogP contribution < -0.4 is 16.4 Å². The van der Waals surface area contributed by atoms with Crippen LogP contribution in [-0.4, -0.2) is 17.1 Å². The molecule has 2 rings (SSSR count). The Morgan fingerprint density at radius 2 is 2.38 bits per heavy atom. The van der Waals surface area contributed by atoms with E-state index < -0.39 is 5.91 Å². The van der Waals surface area contributed by atoms with Crippen molar-refractivity contribution in [1.82, 2.24) is 10.3 Å². The molecule has 0 bridgehead atoms. The molecule has 1 aromatic heterocycles. The van der Waals surface area contributed by atoms with E-state index in [4.69, 9.17) is 11.0 Å². The van der Waals surface area contributed by atoms with Crippen LogP contribution in [0.2, 0.25) is 0 Å². The van der Waals surface area contributed by atoms with Crippen LogP contribution in [0.25, 0.3) is 0 Å². The number of aromatic nitrogens is 1. The van der Waals surface area contributed by atoms with Crippen LogP contribution in [0.5, 0.6) is 0 Å². The highest BCUT2D eigenvalue weighted by Gasteiger charge is 2.24. The molecule has 6 heteroatoms. The minimum Gasteiger partial charge on any atom is -0.336 e. The van der Waals surface area contributed by atoms with E-state index in [2.05, 4.69) is 20.6 Å². The molecule has 6 nitrogen and oxygen atoms in total. The molecule has 4 N–H and O–H groups in total. The Morgan fingerprint density at radius 1 is 1.50 bits per heavy atom. The highest BCUT2D eigenvalue weighted by molar-refractivity contribution is 5.84. The molecule has 80 valence electrons. The topological polar surface area (TPSA) is 99.1 Å². The van der Waals surface area contributed by atoms with Gasteiger partial charge in [0.15, 0.2) is 0 Å². The van der Waals surface area contributed by atoms with Gasteiger partial charge < -0.3 is 10.6 Å². The number of pyridine rings is 1. The zero-order chi connectivity index (χ0) is 11.4. The van der Waals surface area contributed by atoms with Gasteiger partial charge in [0.2, 0.25) is 0 Å². The van der Waals surface area contributed by atoms with Gasteiger partial charge in [-0.3, -0.25) is 5.73 Å². The van der Waals surface area contributed by atoms with E-state index in [0.29, 0.717) is 11.4 Å². The highest BCUT2D eigenvalue weighted by atomic mass is 15.4. The molecule has 0 aliphatic carbocycles. The van der Waals surface area contributed by atoms with Crippen LogP contribution >= 0.6 is 0 Å². The van der Waals surface area contributed by atoms with E-state index in [1.54, 1.807) is 18.3 Å². The predicted molar refractivity (Wildman–Crippen MR) is 60.1 cm³/mol. The first-order chi connectivity index (χ1) is 7.72. The van der Waals surface area contributed by atoms with Gasteiger partial charge in [0, 0.05) is 18.6 Å². The van der Waals surface area contributed by atoms with Crippen LogP contribution in [0, 0.1) is 11.3 Å². The number of nitrogens with zero attached hydrogens (tertiary/aromatic N) is 3. The van der Waals surface area contributed by atoms with Crippen molar-refractivity contribution < 1.29 is 0 Å². The van der Waals surface area contributed by atoms with Crippen LogP contribution in [0.3, 0.4) is 0 Å². The zero-order valence-electron chi connectivity index (χ0n) is 8.38. The Bertz CT molecular complexity index is 472. The van der Waals surface area contributed by atoms with Gasteiger partial charge in [-0.1, -0.05) is 6.07 Å². The molecule has 0 radical (unpaired) electrons. The fourth-order valence-corrected chi connectivity index (χ4v) is 1.20. The molecule has 0 fully saturated rings. The van der Waals surface area contributed by atoms with Gasteiger partial charge in [-0.25, -0.2) is 9.98 Å². The fraction of sp³-hybridized carbons (Fsp3) is 0.100. The van der Waals surface area contributed by atoms with Gasteiger partial charge in [-0.2, -0.15) is 5.26 Å². The van der Waals surface area contributed by atoms with Crippen molar-refractivity contribution in [3.8, 4) is 6.07 Å². The predicted octanol–water partition coefficient (Wildman–Crippen LogP) is 0.145. The standard InChI is InChI=1S/C10H10N6/c11-5-8-6-14-10(12,15-7-8)16-9-3-1-2-4-13-9/h1-4,6-7,14H,12H2,(H,13,16). The van der Waals surface area contributed by atoms with Crippen LogP contribution in [-0.2, 0) is 0 Å². The van der Waals surface area contributed by atoms with Crippen LogP contribution in [0.15, 0.2) is 41.2 Å². The Labute approximate surface area is 92.5 Å². The van der Waals surface area contributed by atoms with E-state index >= 15 is 0 Å². The average Bonchev–Trinajstić information content (AvgIpc) is 2.31. The summed E-state index contributed by atoms with van der Waals surface area (Å²) in [6.07, 6.45) is 4.56. The summed E-state index contributed by atoms with van der Waals surface area (Å²) >= 11 is 0. The molecule has 0 saturated carbocycles. The third-order valence-electron chi connectivity index (χ3n) is 1.97. The number of aliphatic imine (C=N–C) groups is 1. The van der Waals surface area contributed by atoms with E-state index in [-0.39, 0.29) is 0 Å². The molecule has 1 aliphatic heterocycles. The van der Waals surface area contributed by atoms with Gasteiger partial charge >= 0.3 is 0 Å². The molecule has 2 heterocycles. The highest BCUT2D eigenvalue weighted by Crippen LogP contribution is 2.09. The van der Waals surface area contributed by atoms with Gasteiger partial charge in [-0.15, -0.1) is 0 Å². The average molecular weight is 214 g/mol. The van der Waals surface area contributed by atoms with Crippen LogP contribution in [0.4, 0.5) is 5.82 Å². The summed E-state index contributed by atoms with van der Waals surface area (Å²) in [5, 5.41) is 14.3. The van der Waals surface area contributed by atoms with E-state index in [0.717, 1.165) is 0 Å². The first kappa shape index (κ1) is 10.1. The number of hydrogen-bond acceptors (Lipinski definition) is 6. The summed E-state index contributed by atoms with van der Waals surface area (Å²) in [6, 6.07) is 7.37. The van der Waals surface area contributed by atoms with Gasteiger partial charge in [-0.05, 0) is 12.1 Å². The molecular weight excluding hydrogens is 204 g/mol. The second-order valence-electron chi connectivity index (χ2n) is 3.22. The number of nitriles is 1. The second kappa shape index (κ2) is 4.00. The largest absolute Gasteiger partial charge is 0.336 e. The number of hydrogen-bond donors (Lipinski definition) is 3. The van der Waals surface area contributed by atoms with Crippen molar-refractivity contribution in [2.45, 2.75) is 5.91 Å². The fourth-order valence-electron chi connectivity index (χ4n) is 1.20. The maximum atomic E-state index is 8.63. The molecule has 1 atom stereocenters. The number of nitrogens with one attached hydrogen (secondary N) is 2. The Morgan fingerprint density at radius 3 is 2.94 bits per heavy atom. The molecule has 0 spiro atoms. The second-order valence-corrected chi connectivity index (χ2v) is 3.22. The number of nitrogens with two attached hydrogens (primary N) is 1. The van der Waals surface area contributed by atoms with Crippen molar-refractivity contribution >= 4 is 12.0 Å². The molecule has 1 aromatic rings. The molecular formula is C10H10N6. The maximum Gasteiger partial charge on any atom is 0.264 e. The Hall–Kier alpha value is -2.39. The normalized spacial score (nSPS) is 22.9. The quantitative estimate of drug-likeness (QED) is 0.608. The lowest BCUT2D eigenvalue weighted by atomic mass is 10.3. The lowest BCUT2D eigenvalue weighted by molar-refractivity contribution is 0.451. The monoisotopic (exact) mass is 214 g/mol. The van der Waals surface area contributed by atoms with Crippen molar-refractivity contribution in [1.29, 1.82) is 5.26 Å². The number of allylic oxidation sites excluding steroid dienone is 1. The Balaban J connectivity index is 2.10. The summed E-state index contributed by atoms with van der Waals surface area (Å²) in [5.74, 6) is -0.558. The third-order valence-corrected chi connectivity index (χ3v) is 1.97. The summed E-state index contributed by atoms with van der Waals surface area (Å²) < 4.78 is 0. The lowest BCUT2D eigenvalue weighted by Crippen LogP contribution is -2.57. The van der Waals surface area contributed by atoms with Gasteiger partial charge in [0.25, 0.3) is 5.91 Å². The number of anilines is 1. The van der Waals surface area contributed by atoms with Crippen molar-refractivity contribution in [2.24, 2.45) is 10.7 Å². The SMILES string of the molecule is N#CC1=CNC(N)(Nc2ccccn2)N=C1. The minimum absolute atomic E-state index is 0.420. The molecule has 1 aliphatic rings. The zero-order valence-corrected chi connectivity index (χ0v) is 8.38. The molecule has 16 heavy (non-hydrogen) atoms.